The maximum Gasteiger partial charge on any atom is 0.335 e. The summed E-state index contributed by atoms with van der Waals surface area (Å²) in [6.45, 7) is 3.47. The lowest BCUT2D eigenvalue weighted by Crippen LogP contribution is -2.32. The number of hydrogen-bond acceptors (Lipinski definition) is 11. The lowest BCUT2D eigenvalue weighted by molar-refractivity contribution is -0.198. The molecule has 0 unspecified atom stereocenters. The van der Waals surface area contributed by atoms with Crippen molar-refractivity contribution >= 4 is 23.8 Å². The fourth-order valence-electron chi connectivity index (χ4n) is 2.20. The van der Waals surface area contributed by atoms with Gasteiger partial charge in [-0.1, -0.05) is 0 Å². The Bertz CT molecular complexity index is 539. The molecule has 1 fully saturated rings. The van der Waals surface area contributed by atoms with E-state index in [2.05, 4.69) is 4.74 Å². The minimum Gasteiger partial charge on any atom is -0.469 e. The first-order valence-corrected chi connectivity index (χ1v) is 10.1. The number of amides is 2. The number of nitrogens with zero attached hydrogens (tertiary/aromatic N) is 1. The summed E-state index contributed by atoms with van der Waals surface area (Å²) in [4.78, 5) is 49.7. The van der Waals surface area contributed by atoms with Gasteiger partial charge in [-0.05, 0) is 0 Å². The first kappa shape index (κ1) is 26.9. The Hall–Kier alpha value is -2.12. The summed E-state index contributed by atoms with van der Waals surface area (Å²) >= 11 is 0. The van der Waals surface area contributed by atoms with Crippen molar-refractivity contribution in [3.8, 4) is 0 Å². The summed E-state index contributed by atoms with van der Waals surface area (Å²) < 4.78 is 30.9. The number of carbonyl (C=O) groups is 4. The van der Waals surface area contributed by atoms with Gasteiger partial charge in [-0.25, -0.2) is 4.79 Å². The summed E-state index contributed by atoms with van der Waals surface area (Å²) in [7, 11) is 1.33. The van der Waals surface area contributed by atoms with Crippen LogP contribution in [0.5, 0.6) is 0 Å². The quantitative estimate of drug-likeness (QED) is 0.145. The highest BCUT2D eigenvalue weighted by Gasteiger charge is 2.32. The van der Waals surface area contributed by atoms with Crippen LogP contribution in [0.3, 0.4) is 0 Å². The van der Waals surface area contributed by atoms with Gasteiger partial charge in [0.1, 0.15) is 0 Å². The lowest BCUT2D eigenvalue weighted by Gasteiger charge is -2.12. The monoisotopic (exact) mass is 449 g/mol. The molecule has 0 N–H and O–H groups in total. The molecule has 0 aromatic carbocycles. The van der Waals surface area contributed by atoms with Crippen LogP contribution in [0.25, 0.3) is 0 Å². The molecule has 2 amide bonds. The third kappa shape index (κ3) is 13.7. The number of methoxy groups -OCH3 is 1. The minimum atomic E-state index is -0.701. The van der Waals surface area contributed by atoms with Crippen LogP contribution in [0.4, 0.5) is 0 Å². The molecule has 0 aromatic rings. The highest BCUT2D eigenvalue weighted by molar-refractivity contribution is 6.01. The van der Waals surface area contributed by atoms with Crippen LogP contribution in [0, 0.1) is 0 Å². The molecule has 1 heterocycles. The standard InChI is InChI=1S/C19H31NO11/c1-25-18(23)4-6-26-8-10-28-12-14-30-15-13-29-11-9-27-7-5-19(24)31-20-16(21)2-3-17(20)22/h2-15H2,1H3. The van der Waals surface area contributed by atoms with Gasteiger partial charge in [0.2, 0.25) is 0 Å². The zero-order valence-corrected chi connectivity index (χ0v) is 17.8. The van der Waals surface area contributed by atoms with Crippen LogP contribution in [0.1, 0.15) is 25.7 Å². The molecule has 0 bridgehead atoms. The Labute approximate surface area is 180 Å². The minimum absolute atomic E-state index is 0.0609. The van der Waals surface area contributed by atoms with Gasteiger partial charge in [0.15, 0.2) is 0 Å². The number of rotatable bonds is 19. The van der Waals surface area contributed by atoms with Crippen molar-refractivity contribution in [2.24, 2.45) is 0 Å². The van der Waals surface area contributed by atoms with Gasteiger partial charge in [-0.2, -0.15) is 0 Å². The van der Waals surface area contributed by atoms with Crippen molar-refractivity contribution in [3.05, 3.63) is 0 Å². The molecule has 0 spiro atoms. The van der Waals surface area contributed by atoms with Gasteiger partial charge in [0.25, 0.3) is 11.8 Å². The Morgan fingerprint density at radius 2 is 1.00 bits per heavy atom. The lowest BCUT2D eigenvalue weighted by atomic mass is 10.4. The van der Waals surface area contributed by atoms with Gasteiger partial charge in [-0.15, -0.1) is 5.06 Å². The van der Waals surface area contributed by atoms with E-state index in [1.165, 1.54) is 7.11 Å². The predicted octanol–water partition coefficient (Wildman–Crippen LogP) is -0.370. The Morgan fingerprint density at radius 1 is 0.645 bits per heavy atom. The van der Waals surface area contributed by atoms with Crippen molar-refractivity contribution in [2.75, 3.05) is 73.2 Å². The van der Waals surface area contributed by atoms with E-state index in [9.17, 15) is 19.2 Å². The molecular weight excluding hydrogens is 418 g/mol. The average molecular weight is 449 g/mol. The number of hydroxylamine groups is 2. The Kier molecular flexibility index (Phi) is 15.2. The van der Waals surface area contributed by atoms with Crippen molar-refractivity contribution in [3.63, 3.8) is 0 Å². The van der Waals surface area contributed by atoms with E-state index in [1.54, 1.807) is 0 Å². The first-order chi connectivity index (χ1) is 15.0. The molecule has 0 saturated carbocycles. The molecule has 178 valence electrons. The van der Waals surface area contributed by atoms with E-state index >= 15 is 0 Å². The molecule has 0 atom stereocenters. The van der Waals surface area contributed by atoms with Gasteiger partial charge in [0, 0.05) is 12.8 Å². The zero-order valence-electron chi connectivity index (χ0n) is 17.8. The summed E-state index contributed by atoms with van der Waals surface area (Å²) in [5.41, 5.74) is 0. The van der Waals surface area contributed by atoms with Gasteiger partial charge < -0.3 is 33.3 Å². The van der Waals surface area contributed by atoms with E-state index in [4.69, 9.17) is 28.5 Å². The van der Waals surface area contributed by atoms with Crippen molar-refractivity contribution in [1.82, 2.24) is 5.06 Å². The fourth-order valence-corrected chi connectivity index (χ4v) is 2.20. The molecule has 12 nitrogen and oxygen atoms in total. The highest BCUT2D eigenvalue weighted by Crippen LogP contribution is 2.12. The van der Waals surface area contributed by atoms with E-state index in [-0.39, 0.29) is 44.9 Å². The van der Waals surface area contributed by atoms with Crippen molar-refractivity contribution in [2.45, 2.75) is 25.7 Å². The molecule has 0 aromatic heterocycles. The number of ether oxygens (including phenoxy) is 6. The maximum absolute atomic E-state index is 11.5. The normalized spacial score (nSPS) is 13.6. The van der Waals surface area contributed by atoms with Crippen LogP contribution in [0.15, 0.2) is 0 Å². The second-order valence-electron chi connectivity index (χ2n) is 6.18. The molecule has 0 aliphatic carbocycles. The highest BCUT2D eigenvalue weighted by atomic mass is 16.7. The molecule has 12 heteroatoms. The van der Waals surface area contributed by atoms with Crippen molar-refractivity contribution in [1.29, 1.82) is 0 Å². The fraction of sp³-hybridized carbons (Fsp3) is 0.789. The summed E-state index contributed by atoms with van der Waals surface area (Å²) in [6.07, 6.45) is 0.271. The summed E-state index contributed by atoms with van der Waals surface area (Å²) in [5.74, 6) is -2.03. The molecular formula is C19H31NO11. The first-order valence-electron chi connectivity index (χ1n) is 10.1. The van der Waals surface area contributed by atoms with Gasteiger partial charge in [0.05, 0.1) is 86.0 Å². The molecule has 1 saturated heterocycles. The molecule has 31 heavy (non-hydrogen) atoms. The second kappa shape index (κ2) is 17.5. The number of esters is 1. The average Bonchev–Trinajstić information content (AvgIpc) is 3.07. The van der Waals surface area contributed by atoms with Crippen molar-refractivity contribution < 1.29 is 52.4 Å². The Balaban J connectivity index is 1.77. The third-order valence-electron chi connectivity index (χ3n) is 3.82. The van der Waals surface area contributed by atoms with Crippen LogP contribution in [0.2, 0.25) is 0 Å². The SMILES string of the molecule is COC(=O)CCOCCOCCOCCOCCOCCC(=O)ON1C(=O)CCC1=O. The topological polar surface area (TPSA) is 136 Å². The number of carbonyl (C=O) groups excluding carboxylic acids is 4. The predicted molar refractivity (Wildman–Crippen MR) is 103 cm³/mol. The van der Waals surface area contributed by atoms with Crippen LogP contribution in [-0.2, 0) is 52.4 Å². The third-order valence-corrected chi connectivity index (χ3v) is 3.82. The second-order valence-corrected chi connectivity index (χ2v) is 6.18. The summed E-state index contributed by atoms with van der Waals surface area (Å²) in [6, 6.07) is 0. The maximum atomic E-state index is 11.5. The van der Waals surface area contributed by atoms with E-state index in [0.717, 1.165) is 0 Å². The zero-order chi connectivity index (χ0) is 22.7. The smallest absolute Gasteiger partial charge is 0.335 e. The van der Waals surface area contributed by atoms with Crippen LogP contribution >= 0.6 is 0 Å². The van der Waals surface area contributed by atoms with Crippen LogP contribution in [-0.4, -0.2) is 102 Å². The number of hydrogen-bond donors (Lipinski definition) is 0. The van der Waals surface area contributed by atoms with Gasteiger partial charge >= 0.3 is 11.9 Å². The molecule has 1 rings (SSSR count). The molecule has 1 aliphatic heterocycles. The largest absolute Gasteiger partial charge is 0.469 e. The van der Waals surface area contributed by atoms with E-state index in [0.29, 0.717) is 57.9 Å². The van der Waals surface area contributed by atoms with Crippen LogP contribution < -0.4 is 0 Å². The van der Waals surface area contributed by atoms with Gasteiger partial charge in [-0.3, -0.25) is 14.4 Å². The summed E-state index contributed by atoms with van der Waals surface area (Å²) in [5, 5.41) is 0.512. The number of imide groups is 1. The van der Waals surface area contributed by atoms with E-state index in [1.807, 2.05) is 0 Å². The molecule has 0 radical (unpaired) electrons. The molecule has 1 aliphatic rings. The van der Waals surface area contributed by atoms with E-state index < -0.39 is 17.8 Å². The Morgan fingerprint density at radius 3 is 1.39 bits per heavy atom.